The summed E-state index contributed by atoms with van der Waals surface area (Å²) in [4.78, 5) is 24.2. The minimum Gasteiger partial charge on any atom is -0.481 e. The molecule has 1 aromatic carbocycles. The molecule has 1 N–H and O–H groups in total. The summed E-state index contributed by atoms with van der Waals surface area (Å²) in [5, 5.41) is 8.93. The molecule has 0 bridgehead atoms. The van der Waals surface area contributed by atoms with Crippen LogP contribution in [-0.2, 0) is 9.59 Å². The molecule has 1 saturated heterocycles. The summed E-state index contributed by atoms with van der Waals surface area (Å²) in [5.74, 6) is -1.15. The molecule has 1 unspecified atom stereocenters. The Morgan fingerprint density at radius 2 is 1.94 bits per heavy atom. The van der Waals surface area contributed by atoms with Crippen LogP contribution in [0.2, 0.25) is 0 Å². The molecule has 1 aromatic rings. The van der Waals surface area contributed by atoms with Gasteiger partial charge in [-0.3, -0.25) is 9.59 Å². The summed E-state index contributed by atoms with van der Waals surface area (Å²) in [7, 11) is 0. The molecule has 18 heavy (non-hydrogen) atoms. The molecule has 1 fully saturated rings. The monoisotopic (exact) mass is 247 g/mol. The van der Waals surface area contributed by atoms with Gasteiger partial charge < -0.3 is 10.0 Å². The van der Waals surface area contributed by atoms with Gasteiger partial charge in [0.05, 0.1) is 5.92 Å². The van der Waals surface area contributed by atoms with Gasteiger partial charge in [0, 0.05) is 18.7 Å². The zero-order valence-corrected chi connectivity index (χ0v) is 10.6. The summed E-state index contributed by atoms with van der Waals surface area (Å²) in [6, 6.07) is 7.75. The van der Waals surface area contributed by atoms with Crippen LogP contribution in [0.5, 0.6) is 0 Å². The Bertz CT molecular complexity index is 464. The molecule has 4 heteroatoms. The van der Waals surface area contributed by atoms with E-state index in [1.807, 2.05) is 24.3 Å². The van der Waals surface area contributed by atoms with E-state index in [0.29, 0.717) is 5.92 Å². The maximum absolute atomic E-state index is 11.8. The fourth-order valence-corrected chi connectivity index (χ4v) is 2.16. The molecule has 1 amide bonds. The molecule has 0 aromatic heterocycles. The lowest BCUT2D eigenvalue weighted by Crippen LogP contribution is -2.25. The van der Waals surface area contributed by atoms with E-state index in [0.717, 1.165) is 5.69 Å². The lowest BCUT2D eigenvalue weighted by atomic mass is 10.0. The van der Waals surface area contributed by atoms with Gasteiger partial charge in [-0.2, -0.15) is 0 Å². The molecular weight excluding hydrogens is 230 g/mol. The van der Waals surface area contributed by atoms with Gasteiger partial charge in [0.25, 0.3) is 0 Å². The van der Waals surface area contributed by atoms with Gasteiger partial charge >= 0.3 is 5.97 Å². The summed E-state index contributed by atoms with van der Waals surface area (Å²) >= 11 is 0. The number of amides is 1. The van der Waals surface area contributed by atoms with Crippen LogP contribution in [0.15, 0.2) is 24.3 Å². The number of anilines is 1. The van der Waals surface area contributed by atoms with Crippen molar-refractivity contribution >= 4 is 17.6 Å². The maximum atomic E-state index is 11.8. The molecule has 0 spiro atoms. The number of carbonyl (C=O) groups is 2. The van der Waals surface area contributed by atoms with Crippen molar-refractivity contribution in [3.05, 3.63) is 29.8 Å². The number of hydrogen-bond donors (Lipinski definition) is 1. The van der Waals surface area contributed by atoms with Crippen molar-refractivity contribution < 1.29 is 14.7 Å². The van der Waals surface area contributed by atoms with Crippen molar-refractivity contribution in [2.75, 3.05) is 11.4 Å². The molecule has 0 radical (unpaired) electrons. The average Bonchev–Trinajstić information content (AvgIpc) is 2.71. The van der Waals surface area contributed by atoms with Gasteiger partial charge in [-0.05, 0) is 23.6 Å². The molecule has 1 aliphatic heterocycles. The smallest absolute Gasteiger partial charge is 0.308 e. The average molecular weight is 247 g/mol. The summed E-state index contributed by atoms with van der Waals surface area (Å²) < 4.78 is 0. The molecule has 0 aliphatic carbocycles. The van der Waals surface area contributed by atoms with E-state index in [9.17, 15) is 9.59 Å². The van der Waals surface area contributed by atoms with Crippen molar-refractivity contribution in [1.29, 1.82) is 0 Å². The summed E-state index contributed by atoms with van der Waals surface area (Å²) in [6.07, 6.45) is 0.0985. The van der Waals surface area contributed by atoms with Gasteiger partial charge in [-0.25, -0.2) is 0 Å². The second-order valence-corrected chi connectivity index (χ2v) is 4.99. The number of rotatable bonds is 3. The number of aliphatic carboxylic acids is 1. The van der Waals surface area contributed by atoms with E-state index in [1.165, 1.54) is 5.56 Å². The number of carbonyl (C=O) groups excluding carboxylic acids is 1. The third kappa shape index (κ3) is 2.37. The van der Waals surface area contributed by atoms with Gasteiger partial charge in [0.1, 0.15) is 0 Å². The minimum atomic E-state index is -0.898. The van der Waals surface area contributed by atoms with E-state index < -0.39 is 11.9 Å². The largest absolute Gasteiger partial charge is 0.481 e. The Balaban J connectivity index is 2.17. The number of nitrogens with zero attached hydrogens (tertiary/aromatic N) is 1. The van der Waals surface area contributed by atoms with Gasteiger partial charge in [-0.15, -0.1) is 0 Å². The fourth-order valence-electron chi connectivity index (χ4n) is 2.16. The lowest BCUT2D eigenvalue weighted by molar-refractivity contribution is -0.141. The summed E-state index contributed by atoms with van der Waals surface area (Å²) in [5.41, 5.74) is 1.99. The van der Waals surface area contributed by atoms with Crippen LogP contribution in [-0.4, -0.2) is 23.5 Å². The third-order valence-electron chi connectivity index (χ3n) is 3.35. The van der Waals surface area contributed by atoms with Crippen LogP contribution >= 0.6 is 0 Å². The topological polar surface area (TPSA) is 57.6 Å². The first-order valence-electron chi connectivity index (χ1n) is 6.12. The number of carboxylic acid groups (broad SMARTS) is 1. The number of hydrogen-bond acceptors (Lipinski definition) is 2. The van der Waals surface area contributed by atoms with E-state index in [1.54, 1.807) is 4.90 Å². The first kappa shape index (κ1) is 12.6. The van der Waals surface area contributed by atoms with Crippen molar-refractivity contribution in [2.24, 2.45) is 5.92 Å². The Hall–Kier alpha value is -1.84. The first-order chi connectivity index (χ1) is 8.49. The number of carboxylic acids is 1. The second kappa shape index (κ2) is 4.80. The van der Waals surface area contributed by atoms with Crippen molar-refractivity contribution in [2.45, 2.75) is 26.2 Å². The van der Waals surface area contributed by atoms with E-state index in [-0.39, 0.29) is 18.9 Å². The normalized spacial score (nSPS) is 19.6. The van der Waals surface area contributed by atoms with Crippen LogP contribution in [0.4, 0.5) is 5.69 Å². The molecule has 1 aliphatic rings. The van der Waals surface area contributed by atoms with Crippen LogP contribution in [0.25, 0.3) is 0 Å². The highest BCUT2D eigenvalue weighted by Crippen LogP contribution is 2.26. The van der Waals surface area contributed by atoms with Gasteiger partial charge in [-0.1, -0.05) is 26.0 Å². The predicted molar refractivity (Wildman–Crippen MR) is 68.6 cm³/mol. The van der Waals surface area contributed by atoms with E-state index >= 15 is 0 Å². The molecule has 1 heterocycles. The standard InChI is InChI=1S/C14H17NO3/c1-9(2)10-3-5-12(6-4-10)15-8-11(14(17)18)7-13(15)16/h3-6,9,11H,7-8H2,1-2H3,(H,17,18). The van der Waals surface area contributed by atoms with Crippen LogP contribution in [0.1, 0.15) is 31.7 Å². The maximum Gasteiger partial charge on any atom is 0.308 e. The van der Waals surface area contributed by atoms with Crippen molar-refractivity contribution in [3.8, 4) is 0 Å². The van der Waals surface area contributed by atoms with Crippen LogP contribution < -0.4 is 4.90 Å². The minimum absolute atomic E-state index is 0.0985. The molecule has 1 atom stereocenters. The van der Waals surface area contributed by atoms with E-state index in [4.69, 9.17) is 5.11 Å². The predicted octanol–water partition coefficient (Wildman–Crippen LogP) is 2.25. The van der Waals surface area contributed by atoms with Crippen molar-refractivity contribution in [1.82, 2.24) is 0 Å². The third-order valence-corrected chi connectivity index (χ3v) is 3.35. The fraction of sp³-hybridized carbons (Fsp3) is 0.429. The van der Waals surface area contributed by atoms with Crippen LogP contribution in [0, 0.1) is 5.92 Å². The highest BCUT2D eigenvalue weighted by Gasteiger charge is 2.34. The van der Waals surface area contributed by atoms with Gasteiger partial charge in [0.2, 0.25) is 5.91 Å². The lowest BCUT2D eigenvalue weighted by Gasteiger charge is -2.17. The quantitative estimate of drug-likeness (QED) is 0.891. The number of benzene rings is 1. The highest BCUT2D eigenvalue weighted by molar-refractivity contribution is 5.99. The Labute approximate surface area is 106 Å². The molecule has 96 valence electrons. The Morgan fingerprint density at radius 3 is 2.39 bits per heavy atom. The summed E-state index contributed by atoms with van der Waals surface area (Å²) in [6.45, 7) is 4.49. The first-order valence-corrected chi connectivity index (χ1v) is 6.12. The van der Waals surface area contributed by atoms with Gasteiger partial charge in [0.15, 0.2) is 0 Å². The zero-order valence-electron chi connectivity index (χ0n) is 10.6. The molecule has 4 nitrogen and oxygen atoms in total. The Kier molecular flexibility index (Phi) is 3.36. The highest BCUT2D eigenvalue weighted by atomic mass is 16.4. The van der Waals surface area contributed by atoms with Crippen molar-refractivity contribution in [3.63, 3.8) is 0 Å². The van der Waals surface area contributed by atoms with Crippen LogP contribution in [0.3, 0.4) is 0 Å². The Morgan fingerprint density at radius 1 is 1.33 bits per heavy atom. The van der Waals surface area contributed by atoms with E-state index in [2.05, 4.69) is 13.8 Å². The second-order valence-electron chi connectivity index (χ2n) is 4.99. The SMILES string of the molecule is CC(C)c1ccc(N2CC(C(=O)O)CC2=O)cc1. The molecular formula is C14H17NO3. The molecule has 0 saturated carbocycles. The zero-order chi connectivity index (χ0) is 13.3. The molecule has 2 rings (SSSR count).